The lowest BCUT2D eigenvalue weighted by atomic mass is 10.0. The Morgan fingerprint density at radius 3 is 2.40 bits per heavy atom. The first-order chi connectivity index (χ1) is 9.74. The molecule has 100 valence electrons. The SMILES string of the molecule is CC(C)c1cccc(-c2ncc(-c3ccccc3)o2)c1. The minimum Gasteiger partial charge on any atom is -0.436 e. The molecule has 0 spiro atoms. The normalized spacial score (nSPS) is 10.9. The fourth-order valence-corrected chi connectivity index (χ4v) is 2.17. The molecule has 0 fully saturated rings. The molecule has 1 heterocycles. The predicted molar refractivity (Wildman–Crippen MR) is 81.5 cm³/mol. The van der Waals surface area contributed by atoms with E-state index in [4.69, 9.17) is 4.42 Å². The third-order valence-corrected chi connectivity index (χ3v) is 3.36. The largest absolute Gasteiger partial charge is 0.436 e. The second-order valence-corrected chi connectivity index (χ2v) is 5.18. The summed E-state index contributed by atoms with van der Waals surface area (Å²) in [4.78, 5) is 4.40. The highest BCUT2D eigenvalue weighted by molar-refractivity contribution is 5.61. The molecule has 1 aromatic heterocycles. The third kappa shape index (κ3) is 2.50. The van der Waals surface area contributed by atoms with Crippen LogP contribution in [0.2, 0.25) is 0 Å². The van der Waals surface area contributed by atoms with Gasteiger partial charge in [-0.3, -0.25) is 0 Å². The van der Waals surface area contributed by atoms with Crippen molar-refractivity contribution < 1.29 is 4.42 Å². The summed E-state index contributed by atoms with van der Waals surface area (Å²) in [6.45, 7) is 4.37. The Bertz CT molecular complexity index is 698. The van der Waals surface area contributed by atoms with E-state index in [-0.39, 0.29) is 0 Å². The predicted octanol–water partition coefficient (Wildman–Crippen LogP) is 5.13. The van der Waals surface area contributed by atoms with E-state index in [0.29, 0.717) is 11.8 Å². The van der Waals surface area contributed by atoms with E-state index >= 15 is 0 Å². The number of rotatable bonds is 3. The highest BCUT2D eigenvalue weighted by Gasteiger charge is 2.09. The van der Waals surface area contributed by atoms with E-state index in [1.54, 1.807) is 6.20 Å². The Labute approximate surface area is 119 Å². The zero-order valence-corrected chi connectivity index (χ0v) is 11.7. The average Bonchev–Trinajstić information content (AvgIpc) is 2.98. The van der Waals surface area contributed by atoms with Crippen LogP contribution in [0.4, 0.5) is 0 Å². The maximum atomic E-state index is 5.88. The van der Waals surface area contributed by atoms with Crippen molar-refractivity contribution in [2.45, 2.75) is 19.8 Å². The lowest BCUT2D eigenvalue weighted by Crippen LogP contribution is -1.87. The van der Waals surface area contributed by atoms with E-state index < -0.39 is 0 Å². The van der Waals surface area contributed by atoms with Crippen LogP contribution in [-0.4, -0.2) is 4.98 Å². The summed E-state index contributed by atoms with van der Waals surface area (Å²) in [7, 11) is 0. The topological polar surface area (TPSA) is 26.0 Å². The molecule has 2 heteroatoms. The van der Waals surface area contributed by atoms with Gasteiger partial charge in [-0.25, -0.2) is 4.98 Å². The first-order valence-electron chi connectivity index (χ1n) is 6.85. The second kappa shape index (κ2) is 5.33. The lowest BCUT2D eigenvalue weighted by molar-refractivity contribution is 0.588. The number of benzene rings is 2. The van der Waals surface area contributed by atoms with Crippen molar-refractivity contribution in [3.63, 3.8) is 0 Å². The summed E-state index contributed by atoms with van der Waals surface area (Å²) in [6.07, 6.45) is 1.78. The standard InChI is InChI=1S/C18H17NO/c1-13(2)15-9-6-10-16(11-15)18-19-12-17(20-18)14-7-4-3-5-8-14/h3-13H,1-2H3. The number of oxazole rings is 1. The number of hydrogen-bond donors (Lipinski definition) is 0. The van der Waals surface area contributed by atoms with E-state index in [9.17, 15) is 0 Å². The van der Waals surface area contributed by atoms with Crippen LogP contribution in [-0.2, 0) is 0 Å². The molecule has 2 nitrogen and oxygen atoms in total. The van der Waals surface area contributed by atoms with Crippen LogP contribution in [0.1, 0.15) is 25.3 Å². The Kier molecular flexibility index (Phi) is 3.38. The molecule has 0 aliphatic carbocycles. The van der Waals surface area contributed by atoms with E-state index in [1.807, 2.05) is 36.4 Å². The van der Waals surface area contributed by atoms with Crippen LogP contribution in [0, 0.1) is 0 Å². The molecule has 20 heavy (non-hydrogen) atoms. The summed E-state index contributed by atoms with van der Waals surface area (Å²) >= 11 is 0. The molecule has 0 amide bonds. The van der Waals surface area contributed by atoms with Crippen molar-refractivity contribution in [2.24, 2.45) is 0 Å². The van der Waals surface area contributed by atoms with Gasteiger partial charge in [0.05, 0.1) is 6.20 Å². The van der Waals surface area contributed by atoms with Gasteiger partial charge in [0.1, 0.15) is 0 Å². The molecular formula is C18H17NO. The summed E-state index contributed by atoms with van der Waals surface area (Å²) in [6, 6.07) is 18.4. The molecule has 3 rings (SSSR count). The molecule has 0 aliphatic heterocycles. The summed E-state index contributed by atoms with van der Waals surface area (Å²) in [5.74, 6) is 1.97. The van der Waals surface area contributed by atoms with Crippen LogP contribution in [0.25, 0.3) is 22.8 Å². The van der Waals surface area contributed by atoms with Gasteiger partial charge < -0.3 is 4.42 Å². The van der Waals surface area contributed by atoms with Crippen molar-refractivity contribution in [3.05, 3.63) is 66.4 Å². The monoisotopic (exact) mass is 263 g/mol. The zero-order chi connectivity index (χ0) is 13.9. The van der Waals surface area contributed by atoms with Gasteiger partial charge in [0.15, 0.2) is 5.76 Å². The van der Waals surface area contributed by atoms with Crippen LogP contribution in [0.3, 0.4) is 0 Å². The molecule has 2 aromatic carbocycles. The maximum Gasteiger partial charge on any atom is 0.226 e. The van der Waals surface area contributed by atoms with Crippen LogP contribution >= 0.6 is 0 Å². The van der Waals surface area contributed by atoms with Crippen molar-refractivity contribution in [3.8, 4) is 22.8 Å². The molecular weight excluding hydrogens is 246 g/mol. The molecule has 0 unspecified atom stereocenters. The summed E-state index contributed by atoms with van der Waals surface area (Å²) in [5.41, 5.74) is 3.37. The van der Waals surface area contributed by atoms with Gasteiger partial charge in [-0.05, 0) is 23.6 Å². The number of hydrogen-bond acceptors (Lipinski definition) is 2. The highest BCUT2D eigenvalue weighted by Crippen LogP contribution is 2.27. The molecule has 0 radical (unpaired) electrons. The zero-order valence-electron chi connectivity index (χ0n) is 11.7. The fraction of sp³-hybridized carbons (Fsp3) is 0.167. The van der Waals surface area contributed by atoms with Gasteiger partial charge in [0.25, 0.3) is 0 Å². The van der Waals surface area contributed by atoms with Gasteiger partial charge in [-0.15, -0.1) is 0 Å². The second-order valence-electron chi connectivity index (χ2n) is 5.18. The minimum absolute atomic E-state index is 0.499. The fourth-order valence-electron chi connectivity index (χ4n) is 2.17. The van der Waals surface area contributed by atoms with Crippen molar-refractivity contribution in [1.29, 1.82) is 0 Å². The lowest BCUT2D eigenvalue weighted by Gasteiger charge is -2.05. The van der Waals surface area contributed by atoms with Gasteiger partial charge in [-0.2, -0.15) is 0 Å². The summed E-state index contributed by atoms with van der Waals surface area (Å²) in [5, 5.41) is 0. The van der Waals surface area contributed by atoms with Gasteiger partial charge in [0, 0.05) is 11.1 Å². The minimum atomic E-state index is 0.499. The Morgan fingerprint density at radius 1 is 0.900 bits per heavy atom. The number of aromatic nitrogens is 1. The Balaban J connectivity index is 1.96. The van der Waals surface area contributed by atoms with E-state index in [0.717, 1.165) is 16.9 Å². The first-order valence-corrected chi connectivity index (χ1v) is 6.85. The van der Waals surface area contributed by atoms with Crippen LogP contribution < -0.4 is 0 Å². The van der Waals surface area contributed by atoms with Gasteiger partial charge in [-0.1, -0.05) is 56.3 Å². The first kappa shape index (κ1) is 12.7. The Hall–Kier alpha value is -2.35. The highest BCUT2D eigenvalue weighted by atomic mass is 16.4. The number of nitrogens with zero attached hydrogens (tertiary/aromatic N) is 1. The van der Waals surface area contributed by atoms with Crippen LogP contribution in [0.15, 0.2) is 65.2 Å². The smallest absolute Gasteiger partial charge is 0.226 e. The molecule has 0 atom stereocenters. The molecule has 0 bridgehead atoms. The third-order valence-electron chi connectivity index (χ3n) is 3.36. The van der Waals surface area contributed by atoms with Gasteiger partial charge in [0.2, 0.25) is 5.89 Å². The van der Waals surface area contributed by atoms with Gasteiger partial charge >= 0.3 is 0 Å². The van der Waals surface area contributed by atoms with Crippen LogP contribution in [0.5, 0.6) is 0 Å². The van der Waals surface area contributed by atoms with Crippen molar-refractivity contribution in [2.75, 3.05) is 0 Å². The molecule has 0 aliphatic rings. The Morgan fingerprint density at radius 2 is 1.65 bits per heavy atom. The molecule has 0 N–H and O–H groups in total. The molecule has 0 saturated carbocycles. The maximum absolute atomic E-state index is 5.88. The quantitative estimate of drug-likeness (QED) is 0.654. The van der Waals surface area contributed by atoms with Crippen molar-refractivity contribution >= 4 is 0 Å². The molecule has 0 saturated heterocycles. The summed E-state index contributed by atoms with van der Waals surface area (Å²) < 4.78 is 5.88. The van der Waals surface area contributed by atoms with Crippen molar-refractivity contribution in [1.82, 2.24) is 4.98 Å². The molecule has 3 aromatic rings. The van der Waals surface area contributed by atoms with E-state index in [2.05, 4.69) is 37.0 Å². The van der Waals surface area contributed by atoms with E-state index in [1.165, 1.54) is 5.56 Å². The average molecular weight is 263 g/mol.